The fourth-order valence-electron chi connectivity index (χ4n) is 10.5. The molecule has 2 heterocycles. The van der Waals surface area contributed by atoms with Crippen LogP contribution in [-0.4, -0.2) is 106 Å². The lowest BCUT2D eigenvalue weighted by molar-refractivity contribution is -0.311. The summed E-state index contributed by atoms with van der Waals surface area (Å²) in [6.07, 6.45) is 3.69. The normalized spacial score (nSPS) is 56.4. The van der Waals surface area contributed by atoms with Crippen LogP contribution < -0.4 is 0 Å². The van der Waals surface area contributed by atoms with E-state index in [0.29, 0.717) is 30.1 Å². The van der Waals surface area contributed by atoms with Crippen molar-refractivity contribution in [3.8, 4) is 0 Å². The quantitative estimate of drug-likeness (QED) is 0.280. The topological polar surface area (TPSA) is 147 Å². The van der Waals surface area contributed by atoms with E-state index < -0.39 is 67.0 Å². The summed E-state index contributed by atoms with van der Waals surface area (Å²) in [5.41, 5.74) is -1.20. The molecule has 0 spiro atoms. The molecule has 0 bridgehead atoms. The summed E-state index contributed by atoms with van der Waals surface area (Å²) in [5, 5.41) is 53.8. The Morgan fingerprint density at radius 3 is 2.25 bits per heavy atom. The number of hydrogen-bond acceptors (Lipinski definition) is 10. The second-order valence-corrected chi connectivity index (χ2v) is 15.5. The van der Waals surface area contributed by atoms with Crippen LogP contribution in [0.15, 0.2) is 12.2 Å². The highest BCUT2D eigenvalue weighted by Crippen LogP contribution is 2.67. The molecule has 18 unspecified atom stereocenters. The molecule has 0 amide bonds. The second-order valence-electron chi connectivity index (χ2n) is 15.5. The molecular formula is C34H56O10. The van der Waals surface area contributed by atoms with Gasteiger partial charge in [-0.25, -0.2) is 0 Å². The van der Waals surface area contributed by atoms with Crippen molar-refractivity contribution in [3.05, 3.63) is 12.2 Å². The molecule has 6 aliphatic rings. The maximum absolute atomic E-state index is 12.3. The molecule has 2 aliphatic heterocycles. The summed E-state index contributed by atoms with van der Waals surface area (Å²) in [5.74, 6) is 1.58. The zero-order chi connectivity index (χ0) is 31.8. The average molecular weight is 625 g/mol. The van der Waals surface area contributed by atoms with Crippen LogP contribution in [0.3, 0.4) is 0 Å². The van der Waals surface area contributed by atoms with E-state index in [1.807, 2.05) is 6.92 Å². The van der Waals surface area contributed by atoms with Gasteiger partial charge in [0.05, 0.1) is 36.1 Å². The average Bonchev–Trinajstić information content (AvgIpc) is 3.26. The molecule has 6 rings (SSSR count). The molecule has 10 heteroatoms. The zero-order valence-corrected chi connectivity index (χ0v) is 27.2. The van der Waals surface area contributed by atoms with E-state index >= 15 is 0 Å². The fourth-order valence-corrected chi connectivity index (χ4v) is 10.5. The minimum absolute atomic E-state index is 0.0540. The Kier molecular flexibility index (Phi) is 9.14. The molecule has 5 fully saturated rings. The summed E-state index contributed by atoms with van der Waals surface area (Å²) in [6.45, 7) is 10.1. The lowest BCUT2D eigenvalue weighted by Crippen LogP contribution is -2.60. The first kappa shape index (κ1) is 33.2. The highest BCUT2D eigenvalue weighted by atomic mass is 16.7. The number of aliphatic hydroxyl groups is 5. The molecule has 0 aromatic carbocycles. The molecule has 10 nitrogen and oxygen atoms in total. The Labute approximate surface area is 262 Å². The second kappa shape index (κ2) is 12.1. The van der Waals surface area contributed by atoms with Crippen molar-refractivity contribution in [3.63, 3.8) is 0 Å². The molecular weight excluding hydrogens is 568 g/mol. The van der Waals surface area contributed by atoms with Gasteiger partial charge in [-0.3, -0.25) is 0 Å². The third-order valence-electron chi connectivity index (χ3n) is 13.4. The van der Waals surface area contributed by atoms with Crippen molar-refractivity contribution in [2.75, 3.05) is 7.11 Å². The van der Waals surface area contributed by atoms with E-state index in [9.17, 15) is 25.5 Å². The fraction of sp³-hybridized carbons (Fsp3) is 0.941. The Balaban J connectivity index is 1.13. The molecule has 5 N–H and O–H groups in total. The van der Waals surface area contributed by atoms with Crippen molar-refractivity contribution < 1.29 is 49.2 Å². The van der Waals surface area contributed by atoms with Gasteiger partial charge in [0.2, 0.25) is 0 Å². The van der Waals surface area contributed by atoms with Gasteiger partial charge in [-0.2, -0.15) is 0 Å². The smallest absolute Gasteiger partial charge is 0.186 e. The van der Waals surface area contributed by atoms with Crippen molar-refractivity contribution in [1.29, 1.82) is 0 Å². The summed E-state index contributed by atoms with van der Waals surface area (Å²) >= 11 is 0. The maximum Gasteiger partial charge on any atom is 0.186 e. The SMILES string of the molecule is COC1C(O)C(C)OC(OC2CCC3(C)C(C=CC4C3CCC3(C)C4CCC3(O)C(C)OC3CC(O)C(O)C(C)O3)C2)C1O. The molecule has 3 saturated carbocycles. The summed E-state index contributed by atoms with van der Waals surface area (Å²) in [7, 11) is 1.48. The maximum atomic E-state index is 12.3. The third-order valence-corrected chi connectivity index (χ3v) is 13.4. The molecule has 0 radical (unpaired) electrons. The predicted octanol–water partition coefficient (Wildman–Crippen LogP) is 2.66. The van der Waals surface area contributed by atoms with Crippen molar-refractivity contribution in [2.24, 2.45) is 34.5 Å². The molecule has 4 aliphatic carbocycles. The third kappa shape index (κ3) is 5.24. The van der Waals surface area contributed by atoms with Gasteiger partial charge in [-0.05, 0) is 94.8 Å². The van der Waals surface area contributed by atoms with E-state index in [1.165, 1.54) is 7.11 Å². The van der Waals surface area contributed by atoms with Crippen LogP contribution in [0.5, 0.6) is 0 Å². The van der Waals surface area contributed by atoms with Crippen LogP contribution in [0.2, 0.25) is 0 Å². The lowest BCUT2D eigenvalue weighted by atomic mass is 9.46. The largest absolute Gasteiger partial charge is 0.390 e. The predicted molar refractivity (Wildman–Crippen MR) is 160 cm³/mol. The van der Waals surface area contributed by atoms with E-state index in [4.69, 9.17) is 23.7 Å². The number of ether oxygens (including phenoxy) is 5. The van der Waals surface area contributed by atoms with Crippen molar-refractivity contribution in [2.45, 2.75) is 159 Å². The lowest BCUT2D eigenvalue weighted by Gasteiger charge is -2.60. The van der Waals surface area contributed by atoms with Gasteiger partial charge in [-0.15, -0.1) is 0 Å². The Bertz CT molecular complexity index is 1050. The van der Waals surface area contributed by atoms with Crippen molar-refractivity contribution in [1.82, 2.24) is 0 Å². The highest BCUT2D eigenvalue weighted by Gasteiger charge is 2.66. The van der Waals surface area contributed by atoms with Crippen LogP contribution >= 0.6 is 0 Å². The van der Waals surface area contributed by atoms with Crippen LogP contribution in [0.25, 0.3) is 0 Å². The number of methoxy groups -OCH3 is 1. The summed E-state index contributed by atoms with van der Waals surface area (Å²) in [4.78, 5) is 0. The first-order valence-corrected chi connectivity index (χ1v) is 17.0. The number of fused-ring (bicyclic) bond motifs is 5. The van der Waals surface area contributed by atoms with Crippen LogP contribution in [0, 0.1) is 34.5 Å². The first-order chi connectivity index (χ1) is 20.7. The number of aliphatic hydroxyl groups excluding tert-OH is 4. The molecule has 0 aromatic heterocycles. The number of hydrogen-bond donors (Lipinski definition) is 5. The molecule has 252 valence electrons. The molecule has 18 atom stereocenters. The molecule has 0 aromatic rings. The van der Waals surface area contributed by atoms with Crippen molar-refractivity contribution >= 4 is 0 Å². The van der Waals surface area contributed by atoms with E-state index in [0.717, 1.165) is 38.5 Å². The van der Waals surface area contributed by atoms with E-state index in [1.54, 1.807) is 13.8 Å². The Morgan fingerprint density at radius 2 is 1.55 bits per heavy atom. The van der Waals surface area contributed by atoms with Gasteiger partial charge in [0.1, 0.15) is 24.4 Å². The zero-order valence-electron chi connectivity index (χ0n) is 27.2. The molecule has 44 heavy (non-hydrogen) atoms. The summed E-state index contributed by atoms with van der Waals surface area (Å²) in [6, 6.07) is 0. The monoisotopic (exact) mass is 624 g/mol. The number of rotatable bonds is 6. The van der Waals surface area contributed by atoms with Crippen LogP contribution in [0.1, 0.15) is 86.0 Å². The Hall–Kier alpha value is -0.660. The standard InChI is InChI=1S/C34H56O10/c1-17-27(36)25(35)16-26(41-17)43-19(3)34(39)14-11-24-22-8-7-20-15-21(9-12-32(20,4)23(22)10-13-33(24,34)5)44-31-29(38)30(40-6)28(37)18(2)42-31/h7-8,17-31,35-39H,9-16H2,1-6H3. The van der Waals surface area contributed by atoms with E-state index in [-0.39, 0.29) is 23.4 Å². The van der Waals surface area contributed by atoms with Crippen LogP contribution in [-0.2, 0) is 23.7 Å². The van der Waals surface area contributed by atoms with Gasteiger partial charge in [0, 0.05) is 18.9 Å². The van der Waals surface area contributed by atoms with Gasteiger partial charge < -0.3 is 49.2 Å². The minimum Gasteiger partial charge on any atom is -0.390 e. The Morgan fingerprint density at radius 1 is 0.841 bits per heavy atom. The number of allylic oxidation sites excluding steroid dienone is 2. The highest BCUT2D eigenvalue weighted by molar-refractivity contribution is 5.21. The summed E-state index contributed by atoms with van der Waals surface area (Å²) < 4.78 is 29.8. The minimum atomic E-state index is -1.06. The van der Waals surface area contributed by atoms with Gasteiger partial charge >= 0.3 is 0 Å². The van der Waals surface area contributed by atoms with Gasteiger partial charge in [-0.1, -0.05) is 26.0 Å². The van der Waals surface area contributed by atoms with E-state index in [2.05, 4.69) is 26.0 Å². The van der Waals surface area contributed by atoms with Gasteiger partial charge in [0.25, 0.3) is 0 Å². The van der Waals surface area contributed by atoms with Crippen LogP contribution in [0.4, 0.5) is 0 Å². The van der Waals surface area contributed by atoms with Gasteiger partial charge in [0.15, 0.2) is 12.6 Å². The first-order valence-electron chi connectivity index (χ1n) is 17.0. The molecule has 2 saturated heterocycles.